The van der Waals surface area contributed by atoms with E-state index < -0.39 is 0 Å². The topological polar surface area (TPSA) is 9.23 Å². The summed E-state index contributed by atoms with van der Waals surface area (Å²) in [6, 6.07) is 7.91. The van der Waals surface area contributed by atoms with Crippen molar-refractivity contribution in [3.63, 3.8) is 0 Å². The van der Waals surface area contributed by atoms with Gasteiger partial charge < -0.3 is 4.74 Å². The molecule has 1 rings (SSSR count). The minimum atomic E-state index is 0.217. The standard InChI is InChI=1S/C12H17ClO/c1-9(2)14-10(3)8-11-6-4-5-7-12(11)13/h4-7,9-10H,8H2,1-3H3. The van der Waals surface area contributed by atoms with Gasteiger partial charge in [-0.2, -0.15) is 0 Å². The molecule has 0 radical (unpaired) electrons. The molecule has 0 bridgehead atoms. The van der Waals surface area contributed by atoms with Crippen molar-refractivity contribution < 1.29 is 4.74 Å². The third-order valence-electron chi connectivity index (χ3n) is 1.97. The van der Waals surface area contributed by atoms with E-state index in [1.54, 1.807) is 0 Å². The molecule has 14 heavy (non-hydrogen) atoms. The Labute approximate surface area is 91.0 Å². The smallest absolute Gasteiger partial charge is 0.0591 e. The Balaban J connectivity index is 2.56. The quantitative estimate of drug-likeness (QED) is 0.740. The number of ether oxygens (including phenoxy) is 1. The minimum absolute atomic E-state index is 0.217. The highest BCUT2D eigenvalue weighted by molar-refractivity contribution is 6.31. The average molecular weight is 213 g/mol. The Morgan fingerprint density at radius 1 is 1.21 bits per heavy atom. The fourth-order valence-corrected chi connectivity index (χ4v) is 1.70. The lowest BCUT2D eigenvalue weighted by Gasteiger charge is -2.16. The molecule has 78 valence electrons. The molecule has 0 N–H and O–H groups in total. The van der Waals surface area contributed by atoms with E-state index in [2.05, 4.69) is 6.92 Å². The van der Waals surface area contributed by atoms with Crippen LogP contribution >= 0.6 is 11.6 Å². The van der Waals surface area contributed by atoms with Gasteiger partial charge in [-0.15, -0.1) is 0 Å². The molecule has 1 aromatic rings. The summed E-state index contributed by atoms with van der Waals surface area (Å²) in [7, 11) is 0. The highest BCUT2D eigenvalue weighted by atomic mass is 35.5. The van der Waals surface area contributed by atoms with Gasteiger partial charge in [0.25, 0.3) is 0 Å². The predicted octanol–water partition coefficient (Wildman–Crippen LogP) is 3.70. The highest BCUT2D eigenvalue weighted by Gasteiger charge is 2.07. The van der Waals surface area contributed by atoms with Gasteiger partial charge in [-0.05, 0) is 38.8 Å². The molecule has 1 nitrogen and oxygen atoms in total. The van der Waals surface area contributed by atoms with E-state index in [9.17, 15) is 0 Å². The van der Waals surface area contributed by atoms with E-state index in [4.69, 9.17) is 16.3 Å². The summed E-state index contributed by atoms with van der Waals surface area (Å²) >= 11 is 6.05. The maximum absolute atomic E-state index is 6.05. The predicted molar refractivity (Wildman–Crippen MR) is 60.8 cm³/mol. The van der Waals surface area contributed by atoms with E-state index in [1.807, 2.05) is 38.1 Å². The summed E-state index contributed by atoms with van der Waals surface area (Å²) in [6.07, 6.45) is 1.36. The van der Waals surface area contributed by atoms with Crippen molar-refractivity contribution >= 4 is 11.6 Å². The SMILES string of the molecule is CC(C)OC(C)Cc1ccccc1Cl. The Kier molecular flexibility index (Phi) is 4.43. The third-order valence-corrected chi connectivity index (χ3v) is 2.34. The van der Waals surface area contributed by atoms with Crippen molar-refractivity contribution in [2.75, 3.05) is 0 Å². The first-order valence-corrected chi connectivity index (χ1v) is 5.36. The molecule has 1 atom stereocenters. The van der Waals surface area contributed by atoms with Crippen molar-refractivity contribution in [3.8, 4) is 0 Å². The van der Waals surface area contributed by atoms with E-state index in [0.717, 1.165) is 17.0 Å². The van der Waals surface area contributed by atoms with Gasteiger partial charge in [0.15, 0.2) is 0 Å². The van der Waals surface area contributed by atoms with Crippen LogP contribution in [0.25, 0.3) is 0 Å². The summed E-state index contributed by atoms with van der Waals surface area (Å²) in [5.41, 5.74) is 1.15. The van der Waals surface area contributed by atoms with Crippen molar-refractivity contribution in [1.29, 1.82) is 0 Å². The molecular formula is C12H17ClO. The number of hydrogen-bond donors (Lipinski definition) is 0. The van der Waals surface area contributed by atoms with Crippen LogP contribution < -0.4 is 0 Å². The van der Waals surface area contributed by atoms with E-state index in [1.165, 1.54) is 0 Å². The first-order chi connectivity index (χ1) is 6.59. The zero-order chi connectivity index (χ0) is 10.6. The van der Waals surface area contributed by atoms with Crippen molar-refractivity contribution in [1.82, 2.24) is 0 Å². The second-order valence-electron chi connectivity index (χ2n) is 3.79. The number of hydrogen-bond acceptors (Lipinski definition) is 1. The highest BCUT2D eigenvalue weighted by Crippen LogP contribution is 2.17. The van der Waals surface area contributed by atoms with Crippen LogP contribution in [0.2, 0.25) is 5.02 Å². The number of halogens is 1. The maximum Gasteiger partial charge on any atom is 0.0591 e. The fraction of sp³-hybridized carbons (Fsp3) is 0.500. The number of benzene rings is 1. The minimum Gasteiger partial charge on any atom is -0.376 e. The lowest BCUT2D eigenvalue weighted by atomic mass is 10.1. The normalized spacial score (nSPS) is 13.2. The van der Waals surface area contributed by atoms with Gasteiger partial charge in [-0.1, -0.05) is 29.8 Å². The van der Waals surface area contributed by atoms with Gasteiger partial charge in [-0.25, -0.2) is 0 Å². The second-order valence-corrected chi connectivity index (χ2v) is 4.20. The van der Waals surface area contributed by atoms with Crippen molar-refractivity contribution in [2.45, 2.75) is 39.4 Å². The van der Waals surface area contributed by atoms with Crippen LogP contribution in [0.4, 0.5) is 0 Å². The lowest BCUT2D eigenvalue weighted by Crippen LogP contribution is -2.16. The zero-order valence-electron chi connectivity index (χ0n) is 8.96. The molecule has 0 aliphatic heterocycles. The molecule has 0 aliphatic carbocycles. The van der Waals surface area contributed by atoms with E-state index >= 15 is 0 Å². The molecule has 0 amide bonds. The van der Waals surface area contributed by atoms with Crippen molar-refractivity contribution in [2.24, 2.45) is 0 Å². The molecule has 1 unspecified atom stereocenters. The zero-order valence-corrected chi connectivity index (χ0v) is 9.71. The molecule has 0 aromatic heterocycles. The van der Waals surface area contributed by atoms with Crippen molar-refractivity contribution in [3.05, 3.63) is 34.9 Å². The van der Waals surface area contributed by atoms with Crippen LogP contribution in [0.3, 0.4) is 0 Å². The Morgan fingerprint density at radius 2 is 1.86 bits per heavy atom. The molecule has 0 aliphatic rings. The molecule has 1 aromatic carbocycles. The van der Waals surface area contributed by atoms with Gasteiger partial charge >= 0.3 is 0 Å². The van der Waals surface area contributed by atoms with Crippen LogP contribution in [0.15, 0.2) is 24.3 Å². The first-order valence-electron chi connectivity index (χ1n) is 4.98. The molecule has 0 saturated carbocycles. The molecule has 0 spiro atoms. The van der Waals surface area contributed by atoms with Gasteiger partial charge in [0.1, 0.15) is 0 Å². The van der Waals surface area contributed by atoms with Crippen LogP contribution in [0, 0.1) is 0 Å². The van der Waals surface area contributed by atoms with Crippen LogP contribution in [-0.4, -0.2) is 12.2 Å². The molecule has 0 fully saturated rings. The van der Waals surface area contributed by atoms with Crippen LogP contribution in [0.5, 0.6) is 0 Å². The maximum atomic E-state index is 6.05. The Bertz CT molecular complexity index is 283. The molecule has 0 saturated heterocycles. The van der Waals surface area contributed by atoms with Gasteiger partial charge in [0.2, 0.25) is 0 Å². The lowest BCUT2D eigenvalue weighted by molar-refractivity contribution is 0.0195. The van der Waals surface area contributed by atoms with E-state index in [0.29, 0.717) is 0 Å². The molecule has 0 heterocycles. The Hall–Kier alpha value is -0.530. The summed E-state index contributed by atoms with van der Waals surface area (Å²) in [5.74, 6) is 0. The molecular weight excluding hydrogens is 196 g/mol. The number of rotatable bonds is 4. The average Bonchev–Trinajstić information content (AvgIpc) is 2.07. The second kappa shape index (κ2) is 5.38. The van der Waals surface area contributed by atoms with Crippen LogP contribution in [-0.2, 0) is 11.2 Å². The summed E-state index contributed by atoms with van der Waals surface area (Å²) < 4.78 is 5.65. The molecule has 2 heteroatoms. The van der Waals surface area contributed by atoms with Crippen LogP contribution in [0.1, 0.15) is 26.3 Å². The Morgan fingerprint density at radius 3 is 2.43 bits per heavy atom. The summed E-state index contributed by atoms with van der Waals surface area (Å²) in [6.45, 7) is 6.16. The first kappa shape index (κ1) is 11.5. The summed E-state index contributed by atoms with van der Waals surface area (Å²) in [5, 5.41) is 0.826. The summed E-state index contributed by atoms with van der Waals surface area (Å²) in [4.78, 5) is 0. The monoisotopic (exact) mass is 212 g/mol. The fourth-order valence-electron chi connectivity index (χ4n) is 1.49. The van der Waals surface area contributed by atoms with Gasteiger partial charge in [0, 0.05) is 5.02 Å². The van der Waals surface area contributed by atoms with Gasteiger partial charge in [-0.3, -0.25) is 0 Å². The van der Waals surface area contributed by atoms with Gasteiger partial charge in [0.05, 0.1) is 12.2 Å². The third kappa shape index (κ3) is 3.69. The largest absolute Gasteiger partial charge is 0.376 e. The van der Waals surface area contributed by atoms with E-state index in [-0.39, 0.29) is 12.2 Å².